The molecule has 2 aromatic carbocycles. The molecule has 0 fully saturated rings. The van der Waals surface area contributed by atoms with E-state index < -0.39 is 14.9 Å². The zero-order valence-corrected chi connectivity index (χ0v) is 18.3. The fourth-order valence-corrected chi connectivity index (χ4v) is 3.61. The molecule has 0 aliphatic rings. The number of rotatable bonds is 9. The molecule has 0 atom stereocenters. The van der Waals surface area contributed by atoms with E-state index in [2.05, 4.69) is 25.4 Å². The van der Waals surface area contributed by atoms with Gasteiger partial charge in [-0.05, 0) is 42.8 Å². The Morgan fingerprint density at radius 1 is 1.12 bits per heavy atom. The zero-order valence-electron chi connectivity index (χ0n) is 17.5. The Hall–Kier alpha value is -3.87. The number of hydrogen-bond acceptors (Lipinski definition) is 7. The predicted octanol–water partition coefficient (Wildman–Crippen LogP) is 3.23. The fourth-order valence-electron chi connectivity index (χ4n) is 2.63. The van der Waals surface area contributed by atoms with Gasteiger partial charge in [0.1, 0.15) is 6.33 Å². The molecule has 0 spiro atoms. The van der Waals surface area contributed by atoms with Gasteiger partial charge in [0.2, 0.25) is 0 Å². The second-order valence-corrected chi connectivity index (χ2v) is 8.51. The maximum atomic E-state index is 12.8. The van der Waals surface area contributed by atoms with Gasteiger partial charge in [0.25, 0.3) is 21.3 Å². The molecular formula is C19H22N8O4S. The molecule has 0 radical (unpaired) electrons. The first kappa shape index (κ1) is 22.8. The minimum absolute atomic E-state index is 0.0677. The van der Waals surface area contributed by atoms with Crippen LogP contribution < -0.4 is 10.4 Å². The van der Waals surface area contributed by atoms with Crippen LogP contribution in [0.1, 0.15) is 25.3 Å². The number of nitro benzene ring substituents is 1. The first-order valence-electron chi connectivity index (χ1n) is 9.73. The van der Waals surface area contributed by atoms with Crippen LogP contribution in [0.2, 0.25) is 0 Å². The average molecular weight is 459 g/mol. The number of unbranched alkanes of at least 4 members (excludes halogenated alkanes) is 1. The highest BCUT2D eigenvalue weighted by Gasteiger charge is 2.16. The van der Waals surface area contributed by atoms with Crippen molar-refractivity contribution in [2.24, 2.45) is 15.4 Å². The third-order valence-electron chi connectivity index (χ3n) is 4.38. The number of nitrogens with one attached hydrogen (secondary N) is 1. The molecule has 1 aromatic heterocycles. The lowest BCUT2D eigenvalue weighted by molar-refractivity contribution is -0.384. The molecule has 12 nitrogen and oxygen atoms in total. The Morgan fingerprint density at radius 2 is 1.81 bits per heavy atom. The van der Waals surface area contributed by atoms with Gasteiger partial charge in [-0.15, -0.1) is 5.11 Å². The molecule has 0 bridgehead atoms. The number of hydrogen-bond donors (Lipinski definition) is 1. The maximum absolute atomic E-state index is 12.8. The summed E-state index contributed by atoms with van der Waals surface area (Å²) in [6.07, 6.45) is 2.99. The van der Waals surface area contributed by atoms with Crippen LogP contribution in [0.4, 0.5) is 11.4 Å². The molecule has 0 aliphatic carbocycles. The second kappa shape index (κ2) is 9.96. The summed E-state index contributed by atoms with van der Waals surface area (Å²) in [4.78, 5) is 12.7. The van der Waals surface area contributed by atoms with Gasteiger partial charge >= 0.3 is 0 Å². The van der Waals surface area contributed by atoms with Crippen molar-refractivity contribution in [3.63, 3.8) is 0 Å². The van der Waals surface area contributed by atoms with E-state index in [1.54, 1.807) is 12.1 Å². The van der Waals surface area contributed by atoms with Gasteiger partial charge in [0, 0.05) is 18.7 Å². The van der Waals surface area contributed by atoms with Crippen LogP contribution in [-0.2, 0) is 16.6 Å². The monoisotopic (exact) mass is 458 g/mol. The molecule has 0 unspecified atom stereocenters. The third kappa shape index (κ3) is 5.63. The standard InChI is InChI=1S/C19H22N8O4S/c1-3-4-13-25-19(22-23-21-16-7-9-17(10-8-16)27(28)29)26(14-20-25)24-32(30,31)18-11-5-15(2)6-12-18/h5-12,14,24H,3-4,13H2,1-2H3. The largest absolute Gasteiger partial charge is 0.275 e. The van der Waals surface area contributed by atoms with Crippen molar-refractivity contribution in [2.45, 2.75) is 38.1 Å². The normalized spacial score (nSPS) is 12.4. The summed E-state index contributed by atoms with van der Waals surface area (Å²) in [5.74, 6) is 0. The first-order chi connectivity index (χ1) is 15.3. The van der Waals surface area contributed by atoms with Crippen molar-refractivity contribution in [2.75, 3.05) is 4.83 Å². The maximum Gasteiger partial charge on any atom is 0.275 e. The van der Waals surface area contributed by atoms with Crippen LogP contribution in [0.3, 0.4) is 0 Å². The summed E-state index contributed by atoms with van der Waals surface area (Å²) >= 11 is 0. The van der Waals surface area contributed by atoms with Gasteiger partial charge in [0.05, 0.1) is 15.5 Å². The summed E-state index contributed by atoms with van der Waals surface area (Å²) in [7, 11) is -3.89. The molecule has 0 amide bonds. The number of sulfonamides is 1. The van der Waals surface area contributed by atoms with Crippen LogP contribution in [0.15, 0.2) is 75.2 Å². The van der Waals surface area contributed by atoms with Crippen LogP contribution in [-0.4, -0.2) is 27.8 Å². The molecule has 1 N–H and O–H groups in total. The van der Waals surface area contributed by atoms with Gasteiger partial charge < -0.3 is 0 Å². The molecule has 3 rings (SSSR count). The van der Waals surface area contributed by atoms with E-state index in [0.717, 1.165) is 23.1 Å². The molecule has 0 saturated heterocycles. The van der Waals surface area contributed by atoms with E-state index in [1.165, 1.54) is 47.4 Å². The van der Waals surface area contributed by atoms with Crippen molar-refractivity contribution in [3.05, 3.63) is 76.2 Å². The zero-order chi connectivity index (χ0) is 23.1. The van der Waals surface area contributed by atoms with Crippen LogP contribution >= 0.6 is 0 Å². The van der Waals surface area contributed by atoms with Gasteiger partial charge in [-0.3, -0.25) is 10.1 Å². The highest BCUT2D eigenvalue weighted by Crippen LogP contribution is 2.18. The van der Waals surface area contributed by atoms with Crippen molar-refractivity contribution in [1.82, 2.24) is 14.5 Å². The van der Waals surface area contributed by atoms with E-state index in [1.807, 2.05) is 13.8 Å². The molecule has 3 aromatic rings. The summed E-state index contributed by atoms with van der Waals surface area (Å²) in [5.41, 5.74) is 1.35. The number of aryl methyl sites for hydroxylation is 2. The number of nitro groups is 1. The lowest BCUT2D eigenvalue weighted by Crippen LogP contribution is -2.35. The smallest absolute Gasteiger partial charge is 0.258 e. The molecule has 13 heteroatoms. The van der Waals surface area contributed by atoms with Crippen molar-refractivity contribution in [1.29, 1.82) is 0 Å². The number of non-ortho nitro benzene ring substituents is 1. The Labute approximate surface area is 184 Å². The summed E-state index contributed by atoms with van der Waals surface area (Å²) in [6.45, 7) is 4.38. The minimum atomic E-state index is -3.89. The Bertz CT molecular complexity index is 1280. The number of nitrogens with zero attached hydrogens (tertiary/aromatic N) is 7. The molecular weight excluding hydrogens is 436 g/mol. The Balaban J connectivity index is 1.91. The topological polar surface area (TPSA) is 149 Å². The first-order valence-corrected chi connectivity index (χ1v) is 11.2. The van der Waals surface area contributed by atoms with E-state index in [-0.39, 0.29) is 16.2 Å². The highest BCUT2D eigenvalue weighted by atomic mass is 32.2. The SMILES string of the molecule is CCCCn1ncn(NS(=O)(=O)c2ccc(C)cc2)c1=NN=Nc1ccc([N+](=O)[O-])cc1. The van der Waals surface area contributed by atoms with Crippen molar-refractivity contribution in [3.8, 4) is 0 Å². The van der Waals surface area contributed by atoms with Gasteiger partial charge in [-0.2, -0.15) is 18.2 Å². The average Bonchev–Trinajstić information content (AvgIpc) is 3.13. The predicted molar refractivity (Wildman–Crippen MR) is 116 cm³/mol. The molecule has 0 aliphatic heterocycles. The molecule has 1 heterocycles. The third-order valence-corrected chi connectivity index (χ3v) is 5.71. The summed E-state index contributed by atoms with van der Waals surface area (Å²) < 4.78 is 28.2. The summed E-state index contributed by atoms with van der Waals surface area (Å²) in [6, 6.07) is 11.9. The van der Waals surface area contributed by atoms with Crippen molar-refractivity contribution < 1.29 is 13.3 Å². The lowest BCUT2D eigenvalue weighted by Gasteiger charge is -2.08. The highest BCUT2D eigenvalue weighted by molar-refractivity contribution is 7.92. The van der Waals surface area contributed by atoms with Gasteiger partial charge in [-0.1, -0.05) is 36.1 Å². The fraction of sp³-hybridized carbons (Fsp3) is 0.263. The molecule has 32 heavy (non-hydrogen) atoms. The van der Waals surface area contributed by atoms with Crippen LogP contribution in [0.5, 0.6) is 0 Å². The summed E-state index contributed by atoms with van der Waals surface area (Å²) in [5, 5.41) is 26.6. The molecule has 168 valence electrons. The lowest BCUT2D eigenvalue weighted by atomic mass is 10.2. The molecule has 0 saturated carbocycles. The Morgan fingerprint density at radius 3 is 2.44 bits per heavy atom. The Kier molecular flexibility index (Phi) is 7.10. The minimum Gasteiger partial charge on any atom is -0.258 e. The van der Waals surface area contributed by atoms with E-state index in [0.29, 0.717) is 12.2 Å². The van der Waals surface area contributed by atoms with E-state index >= 15 is 0 Å². The quantitative estimate of drug-likeness (QED) is 0.297. The number of benzene rings is 2. The van der Waals surface area contributed by atoms with Crippen LogP contribution in [0.25, 0.3) is 0 Å². The van der Waals surface area contributed by atoms with Crippen LogP contribution in [0, 0.1) is 17.0 Å². The van der Waals surface area contributed by atoms with E-state index in [4.69, 9.17) is 0 Å². The number of aromatic nitrogens is 3. The van der Waals surface area contributed by atoms with E-state index in [9.17, 15) is 18.5 Å². The van der Waals surface area contributed by atoms with Crippen molar-refractivity contribution >= 4 is 21.4 Å². The second-order valence-electron chi connectivity index (χ2n) is 6.85. The van der Waals surface area contributed by atoms with Gasteiger partial charge in [-0.25, -0.2) is 9.51 Å². The van der Waals surface area contributed by atoms with Gasteiger partial charge in [0.15, 0.2) is 0 Å².